The molecule has 0 fully saturated rings. The maximum Gasteiger partial charge on any atom is 0.220 e. The highest BCUT2D eigenvalue weighted by atomic mass is 32.2. The third-order valence-electron chi connectivity index (χ3n) is 2.51. The molecule has 1 aromatic heterocycles. The molecule has 0 spiro atoms. The Morgan fingerprint density at radius 2 is 1.94 bits per heavy atom. The van der Waals surface area contributed by atoms with E-state index in [1.54, 1.807) is 18.5 Å². The van der Waals surface area contributed by atoms with Gasteiger partial charge < -0.3 is 0 Å². The normalized spacial score (nSPS) is 10.2. The molecule has 0 N–H and O–H groups in total. The second-order valence-corrected chi connectivity index (χ2v) is 4.43. The molecule has 86 valence electrons. The van der Waals surface area contributed by atoms with Gasteiger partial charge in [0.1, 0.15) is 0 Å². The number of hydrogen-bond donors (Lipinski definition) is 0. The molecule has 0 radical (unpaired) electrons. The average molecular weight is 243 g/mol. The van der Waals surface area contributed by atoms with E-state index in [2.05, 4.69) is 4.98 Å². The van der Waals surface area contributed by atoms with Gasteiger partial charge in [0.25, 0.3) is 0 Å². The van der Waals surface area contributed by atoms with Crippen LogP contribution in [0.5, 0.6) is 0 Å². The maximum atomic E-state index is 11.7. The number of rotatable bonds is 3. The summed E-state index contributed by atoms with van der Waals surface area (Å²) < 4.78 is 0. The molecule has 1 heterocycles. The van der Waals surface area contributed by atoms with Gasteiger partial charge in [-0.15, -0.1) is 0 Å². The van der Waals surface area contributed by atoms with Crippen molar-refractivity contribution in [2.75, 3.05) is 6.26 Å². The first kappa shape index (κ1) is 11.9. The molecule has 3 heteroatoms. The Balaban J connectivity index is 2.30. The summed E-state index contributed by atoms with van der Waals surface area (Å²) >= 11 is 1.22. The smallest absolute Gasteiger partial charge is 0.220 e. The minimum absolute atomic E-state index is 0.0732. The van der Waals surface area contributed by atoms with Gasteiger partial charge in [-0.3, -0.25) is 9.78 Å². The first-order valence-corrected chi connectivity index (χ1v) is 6.60. The van der Waals surface area contributed by atoms with Crippen LogP contribution in [-0.2, 0) is 6.42 Å². The van der Waals surface area contributed by atoms with Gasteiger partial charge in [0.05, 0.1) is 11.3 Å². The predicted molar refractivity (Wildman–Crippen MR) is 71.3 cm³/mol. The van der Waals surface area contributed by atoms with Crippen molar-refractivity contribution in [1.29, 1.82) is 0 Å². The minimum atomic E-state index is 0.0732. The van der Waals surface area contributed by atoms with Gasteiger partial charge in [-0.2, -0.15) is 0 Å². The van der Waals surface area contributed by atoms with Crippen LogP contribution in [0, 0.1) is 0 Å². The number of hydrogen-bond acceptors (Lipinski definition) is 3. The minimum Gasteiger partial charge on any atom is -0.282 e. The summed E-state index contributed by atoms with van der Waals surface area (Å²) in [6, 6.07) is 13.7. The molecule has 1 aromatic carbocycles. The first-order chi connectivity index (χ1) is 8.31. The van der Waals surface area contributed by atoms with E-state index in [0.717, 1.165) is 5.69 Å². The zero-order chi connectivity index (χ0) is 12.1. The zero-order valence-corrected chi connectivity index (χ0v) is 10.4. The number of carbonyl (C=O) groups is 1. The quantitative estimate of drug-likeness (QED) is 0.829. The Hall–Kier alpha value is -1.61. The Morgan fingerprint density at radius 1 is 1.18 bits per heavy atom. The number of pyridine rings is 1. The van der Waals surface area contributed by atoms with Crippen molar-refractivity contribution in [3.63, 3.8) is 0 Å². The van der Waals surface area contributed by atoms with Gasteiger partial charge in [-0.25, -0.2) is 0 Å². The van der Waals surface area contributed by atoms with E-state index in [1.807, 2.05) is 36.4 Å². The number of benzene rings is 1. The Morgan fingerprint density at radius 3 is 2.65 bits per heavy atom. The lowest BCUT2D eigenvalue weighted by molar-refractivity contribution is 0.108. The maximum absolute atomic E-state index is 11.7. The third-order valence-corrected chi connectivity index (χ3v) is 3.10. The molecule has 2 nitrogen and oxygen atoms in total. The van der Waals surface area contributed by atoms with Gasteiger partial charge in [0, 0.05) is 12.6 Å². The van der Waals surface area contributed by atoms with Crippen LogP contribution in [0.4, 0.5) is 0 Å². The largest absolute Gasteiger partial charge is 0.282 e. The Kier molecular flexibility index (Phi) is 3.94. The fraction of sp³-hybridized carbons (Fsp3) is 0.143. The molecule has 2 rings (SSSR count). The number of carbonyl (C=O) groups excluding carboxylic acids is 1. The predicted octanol–water partition coefficient (Wildman–Crippen LogP) is 3.18. The van der Waals surface area contributed by atoms with E-state index >= 15 is 0 Å². The lowest BCUT2D eigenvalue weighted by atomic mass is 10.1. The van der Waals surface area contributed by atoms with Crippen LogP contribution >= 0.6 is 11.8 Å². The molecule has 0 atom stereocenters. The summed E-state index contributed by atoms with van der Waals surface area (Å²) in [5.41, 5.74) is 2.73. The molecule has 0 aliphatic carbocycles. The molecule has 17 heavy (non-hydrogen) atoms. The number of nitrogens with zero attached hydrogens (tertiary/aromatic N) is 1. The summed E-state index contributed by atoms with van der Waals surface area (Å²) in [5.74, 6) is 0. The van der Waals surface area contributed by atoms with E-state index in [9.17, 15) is 4.79 Å². The van der Waals surface area contributed by atoms with Crippen molar-refractivity contribution in [3.8, 4) is 0 Å². The van der Waals surface area contributed by atoms with Crippen LogP contribution in [0.2, 0.25) is 0 Å². The fourth-order valence-corrected chi connectivity index (χ4v) is 2.07. The van der Waals surface area contributed by atoms with Crippen molar-refractivity contribution in [2.45, 2.75) is 6.42 Å². The van der Waals surface area contributed by atoms with Crippen molar-refractivity contribution in [1.82, 2.24) is 4.98 Å². The molecular formula is C14H13NOS. The van der Waals surface area contributed by atoms with Gasteiger partial charge in [-0.1, -0.05) is 42.1 Å². The lowest BCUT2D eigenvalue weighted by Gasteiger charge is -2.06. The molecule has 0 saturated heterocycles. The highest BCUT2D eigenvalue weighted by Crippen LogP contribution is 2.16. The highest BCUT2D eigenvalue weighted by Gasteiger charge is 2.11. The second-order valence-electron chi connectivity index (χ2n) is 3.65. The molecule has 0 bridgehead atoms. The third kappa shape index (κ3) is 2.94. The van der Waals surface area contributed by atoms with E-state index in [1.165, 1.54) is 17.3 Å². The summed E-state index contributed by atoms with van der Waals surface area (Å²) in [7, 11) is 0. The van der Waals surface area contributed by atoms with Crippen molar-refractivity contribution < 1.29 is 4.79 Å². The summed E-state index contributed by atoms with van der Waals surface area (Å²) in [4.78, 5) is 16.1. The van der Waals surface area contributed by atoms with Crippen molar-refractivity contribution in [2.24, 2.45) is 0 Å². The summed E-state index contributed by atoms with van der Waals surface area (Å²) in [5, 5.41) is 0.0732. The van der Waals surface area contributed by atoms with Gasteiger partial charge >= 0.3 is 0 Å². The highest BCUT2D eigenvalue weighted by molar-refractivity contribution is 8.13. The monoisotopic (exact) mass is 243 g/mol. The van der Waals surface area contributed by atoms with Crippen LogP contribution in [0.1, 0.15) is 21.6 Å². The van der Waals surface area contributed by atoms with Crippen LogP contribution in [-0.4, -0.2) is 16.4 Å². The lowest BCUT2D eigenvalue weighted by Crippen LogP contribution is -2.02. The van der Waals surface area contributed by atoms with Crippen LogP contribution in [0.3, 0.4) is 0 Å². The van der Waals surface area contributed by atoms with Crippen molar-refractivity contribution in [3.05, 3.63) is 65.5 Å². The standard InChI is InChI=1S/C14H13NOS/c1-17-14(16)12-8-5-9-15-13(12)10-11-6-3-2-4-7-11/h2-9H,10H2,1H3. The molecule has 0 unspecified atom stereocenters. The fourth-order valence-electron chi connectivity index (χ4n) is 1.66. The van der Waals surface area contributed by atoms with Gasteiger partial charge in [0.2, 0.25) is 5.12 Å². The molecule has 0 aliphatic rings. The van der Waals surface area contributed by atoms with E-state index in [4.69, 9.17) is 0 Å². The van der Waals surface area contributed by atoms with E-state index in [0.29, 0.717) is 12.0 Å². The average Bonchev–Trinajstić information content (AvgIpc) is 2.40. The summed E-state index contributed by atoms with van der Waals surface area (Å²) in [6.45, 7) is 0. The molecule has 2 aromatic rings. The Bertz CT molecular complexity index is 511. The molecular weight excluding hydrogens is 230 g/mol. The Labute approximate surface area is 105 Å². The van der Waals surface area contributed by atoms with E-state index in [-0.39, 0.29) is 5.12 Å². The summed E-state index contributed by atoms with van der Waals surface area (Å²) in [6.07, 6.45) is 4.22. The van der Waals surface area contributed by atoms with Gasteiger partial charge in [0.15, 0.2) is 0 Å². The van der Waals surface area contributed by atoms with E-state index < -0.39 is 0 Å². The van der Waals surface area contributed by atoms with Crippen molar-refractivity contribution >= 4 is 16.9 Å². The van der Waals surface area contributed by atoms with Crippen LogP contribution in [0.25, 0.3) is 0 Å². The number of aromatic nitrogens is 1. The number of thioether (sulfide) groups is 1. The van der Waals surface area contributed by atoms with Gasteiger partial charge in [-0.05, 0) is 24.0 Å². The van der Waals surface area contributed by atoms with Crippen LogP contribution < -0.4 is 0 Å². The molecule has 0 amide bonds. The topological polar surface area (TPSA) is 30.0 Å². The first-order valence-electron chi connectivity index (χ1n) is 5.37. The second kappa shape index (κ2) is 5.64. The molecule has 0 aliphatic heterocycles. The van der Waals surface area contributed by atoms with Crippen LogP contribution in [0.15, 0.2) is 48.7 Å². The molecule has 0 saturated carbocycles. The zero-order valence-electron chi connectivity index (χ0n) is 9.59. The SMILES string of the molecule is CSC(=O)c1cccnc1Cc1ccccc1.